The van der Waals surface area contributed by atoms with Crippen LogP contribution in [-0.2, 0) is 4.74 Å². The maximum absolute atomic E-state index is 10.6. The molecule has 2 nitrogen and oxygen atoms in total. The molecule has 0 radical (unpaired) electrons. The number of benzene rings is 2. The lowest BCUT2D eigenvalue weighted by atomic mass is 9.98. The first kappa shape index (κ1) is 13.8. The standard InChI is InChI=1S/C17H20O2/c1-13(2)19-17(15-11-7-4-8-12-15)16(18)14-9-5-3-6-10-14/h3-13,16-18H,1-2H3/t16-,17-/m1/s1. The van der Waals surface area contributed by atoms with Gasteiger partial charge in [-0.25, -0.2) is 0 Å². The Morgan fingerprint density at radius 1 is 0.789 bits per heavy atom. The fourth-order valence-electron chi connectivity index (χ4n) is 2.10. The third-order valence-corrected chi connectivity index (χ3v) is 2.97. The Balaban J connectivity index is 2.28. The van der Waals surface area contributed by atoms with Crippen molar-refractivity contribution < 1.29 is 9.84 Å². The normalized spacial score (nSPS) is 14.3. The van der Waals surface area contributed by atoms with Gasteiger partial charge in [-0.05, 0) is 25.0 Å². The maximum Gasteiger partial charge on any atom is 0.113 e. The Morgan fingerprint density at radius 3 is 1.74 bits per heavy atom. The molecule has 0 heterocycles. The molecule has 2 heteroatoms. The first-order chi connectivity index (χ1) is 9.18. The first-order valence-electron chi connectivity index (χ1n) is 6.62. The van der Waals surface area contributed by atoms with Gasteiger partial charge in [0.2, 0.25) is 0 Å². The van der Waals surface area contributed by atoms with Crippen molar-refractivity contribution in [3.63, 3.8) is 0 Å². The molecule has 0 aliphatic rings. The molecule has 2 aromatic carbocycles. The molecule has 1 N–H and O–H groups in total. The molecule has 0 bridgehead atoms. The van der Waals surface area contributed by atoms with Gasteiger partial charge < -0.3 is 9.84 Å². The van der Waals surface area contributed by atoms with E-state index in [0.29, 0.717) is 0 Å². The van der Waals surface area contributed by atoms with Gasteiger partial charge in [0.15, 0.2) is 0 Å². The zero-order valence-corrected chi connectivity index (χ0v) is 11.4. The molecular weight excluding hydrogens is 236 g/mol. The predicted molar refractivity (Wildman–Crippen MR) is 76.8 cm³/mol. The van der Waals surface area contributed by atoms with Gasteiger partial charge in [0.05, 0.1) is 6.10 Å². The smallest absolute Gasteiger partial charge is 0.113 e. The molecule has 2 atom stereocenters. The molecule has 19 heavy (non-hydrogen) atoms. The van der Waals surface area contributed by atoms with Crippen LogP contribution in [0.1, 0.15) is 37.2 Å². The van der Waals surface area contributed by atoms with E-state index in [2.05, 4.69) is 0 Å². The van der Waals surface area contributed by atoms with E-state index in [-0.39, 0.29) is 12.2 Å². The summed E-state index contributed by atoms with van der Waals surface area (Å²) in [6, 6.07) is 19.5. The second-order valence-electron chi connectivity index (χ2n) is 4.87. The molecule has 2 aromatic rings. The summed E-state index contributed by atoms with van der Waals surface area (Å²) in [5.41, 5.74) is 1.87. The molecule has 0 aliphatic carbocycles. The summed E-state index contributed by atoms with van der Waals surface area (Å²) in [5.74, 6) is 0. The minimum Gasteiger partial charge on any atom is -0.385 e. The molecule has 0 aliphatic heterocycles. The second kappa shape index (κ2) is 6.50. The van der Waals surface area contributed by atoms with E-state index >= 15 is 0 Å². The maximum atomic E-state index is 10.6. The predicted octanol–water partition coefficient (Wildman–Crippen LogP) is 3.89. The second-order valence-corrected chi connectivity index (χ2v) is 4.87. The van der Waals surface area contributed by atoms with Crippen molar-refractivity contribution in [2.45, 2.75) is 32.2 Å². The third kappa shape index (κ3) is 3.66. The average Bonchev–Trinajstić information content (AvgIpc) is 2.46. The van der Waals surface area contributed by atoms with Gasteiger partial charge in [-0.3, -0.25) is 0 Å². The molecule has 100 valence electrons. The van der Waals surface area contributed by atoms with E-state index in [4.69, 9.17) is 4.74 Å². The minimum absolute atomic E-state index is 0.0589. The fourth-order valence-corrected chi connectivity index (χ4v) is 2.10. The molecule has 0 unspecified atom stereocenters. The Labute approximate surface area is 114 Å². The lowest BCUT2D eigenvalue weighted by Crippen LogP contribution is -2.18. The van der Waals surface area contributed by atoms with Crippen LogP contribution in [0.15, 0.2) is 60.7 Å². The van der Waals surface area contributed by atoms with E-state index in [1.807, 2.05) is 74.5 Å². The monoisotopic (exact) mass is 256 g/mol. The summed E-state index contributed by atoms with van der Waals surface area (Å²) in [4.78, 5) is 0. The lowest BCUT2D eigenvalue weighted by Gasteiger charge is -2.26. The first-order valence-corrected chi connectivity index (χ1v) is 6.62. The van der Waals surface area contributed by atoms with Crippen LogP contribution in [0.4, 0.5) is 0 Å². The highest BCUT2D eigenvalue weighted by molar-refractivity contribution is 5.25. The Bertz CT molecular complexity index is 479. The van der Waals surface area contributed by atoms with Gasteiger partial charge in [-0.1, -0.05) is 60.7 Å². The molecule has 0 fully saturated rings. The fraction of sp³-hybridized carbons (Fsp3) is 0.294. The summed E-state index contributed by atoms with van der Waals surface area (Å²) in [5, 5.41) is 10.6. The van der Waals surface area contributed by atoms with Crippen molar-refractivity contribution in [2.24, 2.45) is 0 Å². The van der Waals surface area contributed by atoms with Gasteiger partial charge in [-0.15, -0.1) is 0 Å². The SMILES string of the molecule is CC(C)O[C@H](c1ccccc1)[C@H](O)c1ccccc1. The van der Waals surface area contributed by atoms with Gasteiger partial charge in [0.1, 0.15) is 12.2 Å². The Kier molecular flexibility index (Phi) is 4.72. The van der Waals surface area contributed by atoms with Gasteiger partial charge in [0.25, 0.3) is 0 Å². The van der Waals surface area contributed by atoms with Crippen molar-refractivity contribution in [3.8, 4) is 0 Å². The van der Waals surface area contributed by atoms with Crippen molar-refractivity contribution in [3.05, 3.63) is 71.8 Å². The van der Waals surface area contributed by atoms with Crippen LogP contribution in [0, 0.1) is 0 Å². The van der Waals surface area contributed by atoms with Crippen LogP contribution in [0.25, 0.3) is 0 Å². The zero-order valence-electron chi connectivity index (χ0n) is 11.4. The van der Waals surface area contributed by atoms with Crippen molar-refractivity contribution in [2.75, 3.05) is 0 Å². The molecule has 0 amide bonds. The van der Waals surface area contributed by atoms with E-state index in [1.54, 1.807) is 0 Å². The molecule has 0 aromatic heterocycles. The number of rotatable bonds is 5. The van der Waals surface area contributed by atoms with Crippen LogP contribution in [0.2, 0.25) is 0 Å². The van der Waals surface area contributed by atoms with Crippen LogP contribution >= 0.6 is 0 Å². The van der Waals surface area contributed by atoms with Crippen LogP contribution in [0.5, 0.6) is 0 Å². The van der Waals surface area contributed by atoms with E-state index in [0.717, 1.165) is 11.1 Å². The molecule has 0 spiro atoms. The van der Waals surface area contributed by atoms with Gasteiger partial charge >= 0.3 is 0 Å². The highest BCUT2D eigenvalue weighted by atomic mass is 16.5. The van der Waals surface area contributed by atoms with Crippen LogP contribution < -0.4 is 0 Å². The van der Waals surface area contributed by atoms with Crippen molar-refractivity contribution >= 4 is 0 Å². The summed E-state index contributed by atoms with van der Waals surface area (Å²) in [6.45, 7) is 3.96. The summed E-state index contributed by atoms with van der Waals surface area (Å²) in [6.07, 6.45) is -0.946. The van der Waals surface area contributed by atoms with Crippen molar-refractivity contribution in [1.82, 2.24) is 0 Å². The highest BCUT2D eigenvalue weighted by Crippen LogP contribution is 2.32. The lowest BCUT2D eigenvalue weighted by molar-refractivity contribution is -0.0690. The number of aliphatic hydroxyl groups excluding tert-OH is 1. The van der Waals surface area contributed by atoms with Crippen LogP contribution in [-0.4, -0.2) is 11.2 Å². The number of ether oxygens (including phenoxy) is 1. The highest BCUT2D eigenvalue weighted by Gasteiger charge is 2.24. The zero-order chi connectivity index (χ0) is 13.7. The number of hydrogen-bond acceptors (Lipinski definition) is 2. The topological polar surface area (TPSA) is 29.5 Å². The third-order valence-electron chi connectivity index (χ3n) is 2.97. The van der Waals surface area contributed by atoms with Gasteiger partial charge in [0, 0.05) is 0 Å². The number of aliphatic hydroxyl groups is 1. The van der Waals surface area contributed by atoms with E-state index in [1.165, 1.54) is 0 Å². The number of hydrogen-bond donors (Lipinski definition) is 1. The van der Waals surface area contributed by atoms with Gasteiger partial charge in [-0.2, -0.15) is 0 Å². The van der Waals surface area contributed by atoms with E-state index < -0.39 is 6.10 Å². The Morgan fingerprint density at radius 2 is 1.26 bits per heavy atom. The minimum atomic E-state index is -0.661. The summed E-state index contributed by atoms with van der Waals surface area (Å²) < 4.78 is 5.90. The molecule has 0 saturated heterocycles. The summed E-state index contributed by atoms with van der Waals surface area (Å²) in [7, 11) is 0. The summed E-state index contributed by atoms with van der Waals surface area (Å²) >= 11 is 0. The average molecular weight is 256 g/mol. The van der Waals surface area contributed by atoms with Crippen LogP contribution in [0.3, 0.4) is 0 Å². The molecular formula is C17H20O2. The Hall–Kier alpha value is -1.64. The quantitative estimate of drug-likeness (QED) is 0.879. The largest absolute Gasteiger partial charge is 0.385 e. The van der Waals surface area contributed by atoms with E-state index in [9.17, 15) is 5.11 Å². The molecule has 0 saturated carbocycles. The van der Waals surface area contributed by atoms with Crippen molar-refractivity contribution in [1.29, 1.82) is 0 Å². The molecule has 2 rings (SSSR count).